The molecule has 1 rings (SSSR count). The first kappa shape index (κ1) is 15.7. The summed E-state index contributed by atoms with van der Waals surface area (Å²) < 4.78 is 0. The Hall–Kier alpha value is -2.38. The molecule has 1 aromatic rings. The predicted octanol–water partition coefficient (Wildman–Crippen LogP) is 1.36. The van der Waals surface area contributed by atoms with Gasteiger partial charge in [0.1, 0.15) is 11.6 Å². The summed E-state index contributed by atoms with van der Waals surface area (Å²) in [7, 11) is 0. The summed E-state index contributed by atoms with van der Waals surface area (Å²) in [6.07, 6.45) is 0. The third-order valence-corrected chi connectivity index (χ3v) is 2.26. The number of carbonyl (C=O) groups excluding carboxylic acids is 1. The van der Waals surface area contributed by atoms with Crippen LogP contribution in [-0.2, 0) is 4.79 Å². The van der Waals surface area contributed by atoms with E-state index in [0.717, 1.165) is 0 Å². The van der Waals surface area contributed by atoms with Gasteiger partial charge in [0.15, 0.2) is 0 Å². The van der Waals surface area contributed by atoms with Crippen LogP contribution in [0.4, 0.5) is 17.3 Å². The number of pyridine rings is 1. The lowest BCUT2D eigenvalue weighted by molar-refractivity contribution is -0.384. The number of nitrogens with zero attached hydrogens (tertiary/aromatic N) is 2. The second kappa shape index (κ2) is 7.27. The molecule has 8 nitrogen and oxygen atoms in total. The number of aromatic nitrogens is 1. The molecule has 1 heterocycles. The van der Waals surface area contributed by atoms with Gasteiger partial charge in [0, 0.05) is 12.6 Å². The second-order valence-electron chi connectivity index (χ2n) is 4.46. The Kier molecular flexibility index (Phi) is 5.70. The highest BCUT2D eigenvalue weighted by atomic mass is 16.6. The molecule has 0 radical (unpaired) electrons. The molecular weight excluding hydrogens is 262 g/mol. The van der Waals surface area contributed by atoms with Crippen LogP contribution >= 0.6 is 0 Å². The van der Waals surface area contributed by atoms with E-state index >= 15 is 0 Å². The van der Waals surface area contributed by atoms with Gasteiger partial charge in [0.05, 0.1) is 23.6 Å². The van der Waals surface area contributed by atoms with E-state index in [1.54, 1.807) is 0 Å². The van der Waals surface area contributed by atoms with E-state index in [9.17, 15) is 14.9 Å². The van der Waals surface area contributed by atoms with Gasteiger partial charge in [0.25, 0.3) is 5.69 Å². The quantitative estimate of drug-likeness (QED) is 0.514. The Balaban J connectivity index is 2.78. The molecule has 0 aliphatic rings. The minimum atomic E-state index is -0.498. The summed E-state index contributed by atoms with van der Waals surface area (Å²) in [5.41, 5.74) is -0.0808. The molecule has 3 N–H and O–H groups in total. The Morgan fingerprint density at radius 3 is 2.45 bits per heavy atom. The Morgan fingerprint density at radius 1 is 1.35 bits per heavy atom. The van der Waals surface area contributed by atoms with Crippen molar-refractivity contribution in [1.29, 1.82) is 0 Å². The monoisotopic (exact) mass is 281 g/mol. The average Bonchev–Trinajstić information content (AvgIpc) is 2.35. The maximum absolute atomic E-state index is 11.5. The number of nitrogens with one attached hydrogen (secondary N) is 3. The fourth-order valence-electron chi connectivity index (χ4n) is 1.53. The van der Waals surface area contributed by atoms with Gasteiger partial charge in [-0.3, -0.25) is 14.9 Å². The largest absolute Gasteiger partial charge is 0.370 e. The van der Waals surface area contributed by atoms with Gasteiger partial charge >= 0.3 is 0 Å². The van der Waals surface area contributed by atoms with Crippen molar-refractivity contribution in [2.75, 3.05) is 23.7 Å². The molecule has 8 heteroatoms. The van der Waals surface area contributed by atoms with E-state index in [0.29, 0.717) is 12.4 Å². The number of anilines is 2. The summed E-state index contributed by atoms with van der Waals surface area (Å²) in [5, 5.41) is 19.2. The molecule has 0 aliphatic heterocycles. The molecule has 110 valence electrons. The lowest BCUT2D eigenvalue weighted by Crippen LogP contribution is -2.35. The molecule has 20 heavy (non-hydrogen) atoms. The highest BCUT2D eigenvalue weighted by Gasteiger charge is 2.12. The number of amides is 1. The van der Waals surface area contributed by atoms with E-state index in [1.165, 1.54) is 12.1 Å². The molecule has 0 saturated carbocycles. The van der Waals surface area contributed by atoms with Crippen LogP contribution in [0.3, 0.4) is 0 Å². The SMILES string of the molecule is CCNc1cc([N+](=O)[O-])cc(NCC(=O)NC(C)C)n1. The highest BCUT2D eigenvalue weighted by Crippen LogP contribution is 2.20. The topological polar surface area (TPSA) is 109 Å². The number of nitro groups is 1. The third-order valence-electron chi connectivity index (χ3n) is 2.26. The van der Waals surface area contributed by atoms with Gasteiger partial charge in [-0.2, -0.15) is 0 Å². The minimum Gasteiger partial charge on any atom is -0.370 e. The van der Waals surface area contributed by atoms with Crippen LogP contribution in [-0.4, -0.2) is 34.9 Å². The van der Waals surface area contributed by atoms with Crippen LogP contribution in [0.5, 0.6) is 0 Å². The van der Waals surface area contributed by atoms with Crippen LogP contribution in [0.1, 0.15) is 20.8 Å². The van der Waals surface area contributed by atoms with Crippen LogP contribution in [0.25, 0.3) is 0 Å². The van der Waals surface area contributed by atoms with Crippen molar-refractivity contribution in [3.63, 3.8) is 0 Å². The Morgan fingerprint density at radius 2 is 1.95 bits per heavy atom. The molecule has 0 bridgehead atoms. The predicted molar refractivity (Wildman–Crippen MR) is 76.8 cm³/mol. The fraction of sp³-hybridized carbons (Fsp3) is 0.500. The molecule has 0 unspecified atom stereocenters. The van der Waals surface area contributed by atoms with Crippen molar-refractivity contribution in [2.45, 2.75) is 26.8 Å². The van der Waals surface area contributed by atoms with E-state index in [1.807, 2.05) is 20.8 Å². The first-order valence-corrected chi connectivity index (χ1v) is 6.36. The van der Waals surface area contributed by atoms with E-state index in [2.05, 4.69) is 20.9 Å². The Bertz CT molecular complexity index is 490. The van der Waals surface area contributed by atoms with Crippen LogP contribution in [0.2, 0.25) is 0 Å². The summed E-state index contributed by atoms with van der Waals surface area (Å²) in [6.45, 7) is 6.18. The van der Waals surface area contributed by atoms with Crippen molar-refractivity contribution >= 4 is 23.2 Å². The van der Waals surface area contributed by atoms with Crippen LogP contribution in [0.15, 0.2) is 12.1 Å². The summed E-state index contributed by atoms with van der Waals surface area (Å²) in [4.78, 5) is 26.0. The lowest BCUT2D eigenvalue weighted by Gasteiger charge is -2.10. The number of rotatable bonds is 7. The number of carbonyl (C=O) groups is 1. The van der Waals surface area contributed by atoms with Crippen molar-refractivity contribution < 1.29 is 9.72 Å². The maximum Gasteiger partial charge on any atom is 0.276 e. The van der Waals surface area contributed by atoms with Gasteiger partial charge in [0.2, 0.25) is 5.91 Å². The van der Waals surface area contributed by atoms with Crippen LogP contribution in [0, 0.1) is 10.1 Å². The molecule has 1 aromatic heterocycles. The van der Waals surface area contributed by atoms with Gasteiger partial charge in [-0.1, -0.05) is 0 Å². The van der Waals surface area contributed by atoms with Gasteiger partial charge < -0.3 is 16.0 Å². The number of hydrogen-bond acceptors (Lipinski definition) is 6. The van der Waals surface area contributed by atoms with Gasteiger partial charge in [-0.25, -0.2) is 4.98 Å². The molecule has 0 atom stereocenters. The van der Waals surface area contributed by atoms with Crippen LogP contribution < -0.4 is 16.0 Å². The van der Waals surface area contributed by atoms with Crippen molar-refractivity contribution in [3.05, 3.63) is 22.2 Å². The summed E-state index contributed by atoms with van der Waals surface area (Å²) in [6, 6.07) is 2.69. The zero-order valence-electron chi connectivity index (χ0n) is 11.8. The van der Waals surface area contributed by atoms with Crippen molar-refractivity contribution in [3.8, 4) is 0 Å². The van der Waals surface area contributed by atoms with Crippen molar-refractivity contribution in [1.82, 2.24) is 10.3 Å². The van der Waals surface area contributed by atoms with Gasteiger partial charge in [-0.05, 0) is 20.8 Å². The average molecular weight is 281 g/mol. The maximum atomic E-state index is 11.5. The molecule has 0 aromatic carbocycles. The normalized spacial score (nSPS) is 10.2. The molecular formula is C12H19N5O3. The fourth-order valence-corrected chi connectivity index (χ4v) is 1.53. The molecule has 0 fully saturated rings. The smallest absolute Gasteiger partial charge is 0.276 e. The van der Waals surface area contributed by atoms with Gasteiger partial charge in [-0.15, -0.1) is 0 Å². The first-order chi connectivity index (χ1) is 9.42. The minimum absolute atomic E-state index is 0.0118. The summed E-state index contributed by atoms with van der Waals surface area (Å²) in [5.74, 6) is 0.487. The molecule has 0 spiro atoms. The first-order valence-electron chi connectivity index (χ1n) is 6.36. The Labute approximate surface area is 117 Å². The van der Waals surface area contributed by atoms with Crippen molar-refractivity contribution in [2.24, 2.45) is 0 Å². The zero-order chi connectivity index (χ0) is 15.1. The standard InChI is InChI=1S/C12H19N5O3/c1-4-13-10-5-9(17(19)20)6-11(16-10)14-7-12(18)15-8(2)3/h5-6,8H,4,7H2,1-3H3,(H,15,18)(H2,13,14,16). The molecule has 0 aliphatic carbocycles. The lowest BCUT2D eigenvalue weighted by atomic mass is 10.3. The molecule has 0 saturated heterocycles. The summed E-state index contributed by atoms with van der Waals surface area (Å²) >= 11 is 0. The number of hydrogen-bond donors (Lipinski definition) is 3. The van der Waals surface area contributed by atoms with E-state index < -0.39 is 4.92 Å². The third kappa shape index (κ3) is 5.09. The second-order valence-corrected chi connectivity index (χ2v) is 4.46. The highest BCUT2D eigenvalue weighted by molar-refractivity contribution is 5.80. The van der Waals surface area contributed by atoms with E-state index in [4.69, 9.17) is 0 Å². The molecule has 1 amide bonds. The zero-order valence-corrected chi connectivity index (χ0v) is 11.8. The van der Waals surface area contributed by atoms with E-state index in [-0.39, 0.29) is 30.0 Å².